The van der Waals surface area contributed by atoms with E-state index in [1.54, 1.807) is 4.90 Å². The zero-order chi connectivity index (χ0) is 17.0. The molecule has 1 heterocycles. The molecule has 7 nitrogen and oxygen atoms in total. The lowest BCUT2D eigenvalue weighted by atomic mass is 10.2. The number of nitrogens with zero attached hydrogens (tertiary/aromatic N) is 3. The quantitative estimate of drug-likeness (QED) is 0.774. The SMILES string of the molecule is Cc1ccccc1OCC(=O)N1CCN(S(=O)(=O)N(C)C)CC1. The van der Waals surface area contributed by atoms with Crippen LogP contribution in [0.25, 0.3) is 0 Å². The van der Waals surface area contributed by atoms with Crippen LogP contribution in [0.1, 0.15) is 5.56 Å². The van der Waals surface area contributed by atoms with E-state index in [1.165, 1.54) is 22.7 Å². The molecule has 0 unspecified atom stereocenters. The van der Waals surface area contributed by atoms with Crippen LogP contribution in [-0.4, -0.2) is 74.7 Å². The maximum absolute atomic E-state index is 12.2. The van der Waals surface area contributed by atoms with Crippen LogP contribution in [0, 0.1) is 6.92 Å². The zero-order valence-corrected chi connectivity index (χ0v) is 14.5. The van der Waals surface area contributed by atoms with E-state index < -0.39 is 10.2 Å². The molecule has 1 saturated heterocycles. The molecule has 2 rings (SSSR count). The fourth-order valence-electron chi connectivity index (χ4n) is 2.35. The lowest BCUT2D eigenvalue weighted by Gasteiger charge is -2.35. The van der Waals surface area contributed by atoms with Crippen LogP contribution in [0.2, 0.25) is 0 Å². The van der Waals surface area contributed by atoms with Crippen LogP contribution >= 0.6 is 0 Å². The molecule has 0 bridgehead atoms. The number of hydrogen-bond donors (Lipinski definition) is 0. The van der Waals surface area contributed by atoms with E-state index in [-0.39, 0.29) is 12.5 Å². The van der Waals surface area contributed by atoms with Gasteiger partial charge in [0.15, 0.2) is 6.61 Å². The van der Waals surface area contributed by atoms with Gasteiger partial charge in [0.05, 0.1) is 0 Å². The molecule has 1 aliphatic rings. The van der Waals surface area contributed by atoms with Crippen LogP contribution < -0.4 is 4.74 Å². The van der Waals surface area contributed by atoms with E-state index in [0.717, 1.165) is 5.56 Å². The number of amides is 1. The third kappa shape index (κ3) is 4.21. The van der Waals surface area contributed by atoms with Crippen LogP contribution in [-0.2, 0) is 15.0 Å². The topological polar surface area (TPSA) is 70.2 Å². The molecule has 1 aromatic rings. The van der Waals surface area contributed by atoms with Crippen LogP contribution in [0.5, 0.6) is 5.75 Å². The molecule has 1 aromatic carbocycles. The van der Waals surface area contributed by atoms with Crippen LogP contribution in [0.4, 0.5) is 0 Å². The molecule has 0 atom stereocenters. The number of ether oxygens (including phenoxy) is 1. The fourth-order valence-corrected chi connectivity index (χ4v) is 3.43. The Labute approximate surface area is 137 Å². The molecule has 0 spiro atoms. The number of carbonyl (C=O) groups excluding carboxylic acids is 1. The molecule has 0 N–H and O–H groups in total. The first-order valence-corrected chi connectivity index (χ1v) is 8.86. The molecule has 23 heavy (non-hydrogen) atoms. The first kappa shape index (κ1) is 17.7. The molecule has 0 radical (unpaired) electrons. The number of para-hydroxylation sites is 1. The Hall–Kier alpha value is -1.64. The summed E-state index contributed by atoms with van der Waals surface area (Å²) in [6.45, 7) is 3.25. The Kier molecular flexibility index (Phi) is 5.61. The van der Waals surface area contributed by atoms with Gasteiger partial charge in [0, 0.05) is 40.3 Å². The molecular formula is C15H23N3O4S. The summed E-state index contributed by atoms with van der Waals surface area (Å²) in [6.07, 6.45) is 0. The average molecular weight is 341 g/mol. The van der Waals surface area contributed by atoms with Gasteiger partial charge in [-0.05, 0) is 18.6 Å². The third-order valence-electron chi connectivity index (χ3n) is 3.82. The minimum atomic E-state index is -3.41. The number of carbonyl (C=O) groups is 1. The predicted molar refractivity (Wildman–Crippen MR) is 87.4 cm³/mol. The largest absolute Gasteiger partial charge is 0.484 e. The first-order valence-electron chi connectivity index (χ1n) is 7.46. The van der Waals surface area contributed by atoms with Crippen molar-refractivity contribution in [2.75, 3.05) is 46.9 Å². The Bertz CT molecular complexity index is 652. The van der Waals surface area contributed by atoms with Crippen molar-refractivity contribution in [3.63, 3.8) is 0 Å². The number of piperazine rings is 1. The molecule has 0 aromatic heterocycles. The highest BCUT2D eigenvalue weighted by Crippen LogP contribution is 2.16. The summed E-state index contributed by atoms with van der Waals surface area (Å²) in [5.41, 5.74) is 0.974. The van der Waals surface area contributed by atoms with E-state index in [4.69, 9.17) is 4.74 Å². The Morgan fingerprint density at radius 2 is 1.78 bits per heavy atom. The molecule has 1 aliphatic heterocycles. The molecular weight excluding hydrogens is 318 g/mol. The highest BCUT2D eigenvalue weighted by molar-refractivity contribution is 7.86. The average Bonchev–Trinajstić information content (AvgIpc) is 2.53. The highest BCUT2D eigenvalue weighted by atomic mass is 32.2. The molecule has 1 amide bonds. The van der Waals surface area contributed by atoms with Crippen molar-refractivity contribution in [1.82, 2.24) is 13.5 Å². The van der Waals surface area contributed by atoms with Crippen LogP contribution in [0.15, 0.2) is 24.3 Å². The molecule has 1 fully saturated rings. The Balaban J connectivity index is 1.86. The molecule has 8 heteroatoms. The van der Waals surface area contributed by atoms with Crippen molar-refractivity contribution in [3.8, 4) is 5.75 Å². The van der Waals surface area contributed by atoms with Crippen LogP contribution in [0.3, 0.4) is 0 Å². The highest BCUT2D eigenvalue weighted by Gasteiger charge is 2.30. The summed E-state index contributed by atoms with van der Waals surface area (Å²) in [6, 6.07) is 7.51. The predicted octanol–water partition coefficient (Wildman–Crippen LogP) is 0.324. The van der Waals surface area contributed by atoms with E-state index in [0.29, 0.717) is 31.9 Å². The first-order chi connectivity index (χ1) is 10.8. The van der Waals surface area contributed by atoms with Gasteiger partial charge in [-0.15, -0.1) is 0 Å². The second kappa shape index (κ2) is 7.29. The van der Waals surface area contributed by atoms with E-state index in [9.17, 15) is 13.2 Å². The summed E-state index contributed by atoms with van der Waals surface area (Å²) < 4.78 is 32.2. The third-order valence-corrected chi connectivity index (χ3v) is 5.76. The van der Waals surface area contributed by atoms with Gasteiger partial charge in [-0.2, -0.15) is 17.0 Å². The second-order valence-electron chi connectivity index (χ2n) is 5.62. The minimum absolute atomic E-state index is 0.0364. The lowest BCUT2D eigenvalue weighted by molar-refractivity contribution is -0.134. The molecule has 0 aliphatic carbocycles. The molecule has 0 saturated carbocycles. The van der Waals surface area contributed by atoms with Crippen molar-refractivity contribution >= 4 is 16.1 Å². The standard InChI is InChI=1S/C15H23N3O4S/c1-13-6-4-5-7-14(13)22-12-15(19)17-8-10-18(11-9-17)23(20,21)16(2)3/h4-7H,8-12H2,1-3H3. The minimum Gasteiger partial charge on any atom is -0.484 e. The summed E-state index contributed by atoms with van der Waals surface area (Å²) in [5, 5.41) is 0. The Morgan fingerprint density at radius 3 is 2.35 bits per heavy atom. The summed E-state index contributed by atoms with van der Waals surface area (Å²) in [4.78, 5) is 13.8. The summed E-state index contributed by atoms with van der Waals surface area (Å²) in [5.74, 6) is 0.560. The number of hydrogen-bond acceptors (Lipinski definition) is 4. The Morgan fingerprint density at radius 1 is 1.17 bits per heavy atom. The summed E-state index contributed by atoms with van der Waals surface area (Å²) >= 11 is 0. The monoisotopic (exact) mass is 341 g/mol. The normalized spacial score (nSPS) is 16.6. The van der Waals surface area contributed by atoms with Gasteiger partial charge in [-0.1, -0.05) is 18.2 Å². The van der Waals surface area contributed by atoms with Gasteiger partial charge in [0.25, 0.3) is 16.1 Å². The van der Waals surface area contributed by atoms with Crippen molar-refractivity contribution in [3.05, 3.63) is 29.8 Å². The second-order valence-corrected chi connectivity index (χ2v) is 7.77. The zero-order valence-electron chi connectivity index (χ0n) is 13.7. The maximum Gasteiger partial charge on any atom is 0.281 e. The van der Waals surface area contributed by atoms with Gasteiger partial charge < -0.3 is 9.64 Å². The molecule has 128 valence electrons. The van der Waals surface area contributed by atoms with Gasteiger partial charge in [-0.25, -0.2) is 0 Å². The van der Waals surface area contributed by atoms with Crippen molar-refractivity contribution in [2.45, 2.75) is 6.92 Å². The van der Waals surface area contributed by atoms with Gasteiger partial charge in [0.2, 0.25) is 0 Å². The van der Waals surface area contributed by atoms with Crippen molar-refractivity contribution in [1.29, 1.82) is 0 Å². The van der Waals surface area contributed by atoms with E-state index in [2.05, 4.69) is 0 Å². The lowest BCUT2D eigenvalue weighted by Crippen LogP contribution is -2.53. The van der Waals surface area contributed by atoms with Crippen molar-refractivity contribution < 1.29 is 17.9 Å². The maximum atomic E-state index is 12.2. The van der Waals surface area contributed by atoms with Crippen molar-refractivity contribution in [2.24, 2.45) is 0 Å². The van der Waals surface area contributed by atoms with E-state index >= 15 is 0 Å². The summed E-state index contributed by atoms with van der Waals surface area (Å²) in [7, 11) is -0.407. The van der Waals surface area contributed by atoms with Gasteiger partial charge in [-0.3, -0.25) is 4.79 Å². The number of benzene rings is 1. The number of aryl methyl sites for hydroxylation is 1. The van der Waals surface area contributed by atoms with Gasteiger partial charge in [0.1, 0.15) is 5.75 Å². The fraction of sp³-hybridized carbons (Fsp3) is 0.533. The smallest absolute Gasteiger partial charge is 0.281 e. The number of rotatable bonds is 5. The van der Waals surface area contributed by atoms with E-state index in [1.807, 2.05) is 31.2 Å². The van der Waals surface area contributed by atoms with Gasteiger partial charge >= 0.3 is 0 Å².